The smallest absolute Gasteiger partial charge is 0.292 e. The van der Waals surface area contributed by atoms with E-state index in [1.54, 1.807) is 0 Å². The second-order valence-corrected chi connectivity index (χ2v) is 4.49. The predicted molar refractivity (Wildman–Crippen MR) is 67.0 cm³/mol. The molecule has 0 amide bonds. The number of nitrogens with one attached hydrogen (secondary N) is 1. The number of hydrogen-bond acceptors (Lipinski definition) is 7. The van der Waals surface area contributed by atoms with E-state index < -0.39 is 22.2 Å². The minimum Gasteiger partial charge on any atom is -0.292 e. The number of halogens is 2. The van der Waals surface area contributed by atoms with Crippen LogP contribution < -0.4 is 11.3 Å². The summed E-state index contributed by atoms with van der Waals surface area (Å²) < 4.78 is 26.3. The van der Waals surface area contributed by atoms with E-state index in [0.29, 0.717) is 17.8 Å². The SMILES string of the molecule is NNc1ncc([N+](=O)[O-])c(Sc2ccc(F)cc2F)n1. The molecule has 2 rings (SSSR count). The van der Waals surface area contributed by atoms with Gasteiger partial charge < -0.3 is 0 Å². The number of rotatable bonds is 4. The Morgan fingerprint density at radius 3 is 2.75 bits per heavy atom. The molecule has 0 bridgehead atoms. The standard InChI is InChI=1S/C10H7F2N5O2S/c11-5-1-2-8(6(12)3-5)20-9-7(17(18)19)4-14-10(15-9)16-13/h1-4H,13H2,(H,14,15,16). The molecule has 0 radical (unpaired) electrons. The molecule has 1 heterocycles. The second-order valence-electron chi connectivity index (χ2n) is 3.46. The lowest BCUT2D eigenvalue weighted by atomic mass is 10.3. The van der Waals surface area contributed by atoms with Crippen LogP contribution in [0.1, 0.15) is 0 Å². The van der Waals surface area contributed by atoms with Crippen LogP contribution in [-0.2, 0) is 0 Å². The van der Waals surface area contributed by atoms with Crippen molar-refractivity contribution in [3.05, 3.63) is 46.1 Å². The summed E-state index contributed by atoms with van der Waals surface area (Å²) in [6.07, 6.45) is 0.950. The summed E-state index contributed by atoms with van der Waals surface area (Å²) in [5.41, 5.74) is 1.73. The molecule has 20 heavy (non-hydrogen) atoms. The van der Waals surface area contributed by atoms with Gasteiger partial charge in [0.1, 0.15) is 17.8 Å². The molecule has 0 saturated carbocycles. The maximum absolute atomic E-state index is 13.5. The average molecular weight is 299 g/mol. The lowest BCUT2D eigenvalue weighted by Crippen LogP contribution is -2.11. The van der Waals surface area contributed by atoms with Gasteiger partial charge in [-0.25, -0.2) is 19.6 Å². The van der Waals surface area contributed by atoms with Crippen molar-refractivity contribution >= 4 is 23.4 Å². The van der Waals surface area contributed by atoms with Crippen LogP contribution in [0.3, 0.4) is 0 Å². The van der Waals surface area contributed by atoms with Crippen LogP contribution in [-0.4, -0.2) is 14.9 Å². The number of nitro groups is 1. The van der Waals surface area contributed by atoms with Crippen molar-refractivity contribution in [1.29, 1.82) is 0 Å². The lowest BCUT2D eigenvalue weighted by molar-refractivity contribution is -0.388. The maximum atomic E-state index is 13.5. The molecule has 3 N–H and O–H groups in total. The van der Waals surface area contributed by atoms with Crippen molar-refractivity contribution in [2.24, 2.45) is 5.84 Å². The van der Waals surface area contributed by atoms with E-state index in [4.69, 9.17) is 5.84 Å². The fourth-order valence-electron chi connectivity index (χ4n) is 1.29. The Bertz CT molecular complexity index is 670. The molecule has 0 aliphatic carbocycles. The minimum absolute atomic E-state index is 0.00354. The van der Waals surface area contributed by atoms with Gasteiger partial charge in [-0.2, -0.15) is 4.98 Å². The van der Waals surface area contributed by atoms with E-state index in [2.05, 4.69) is 15.4 Å². The van der Waals surface area contributed by atoms with E-state index in [1.807, 2.05) is 0 Å². The summed E-state index contributed by atoms with van der Waals surface area (Å²) in [5, 5.41) is 10.7. The Morgan fingerprint density at radius 1 is 1.40 bits per heavy atom. The highest BCUT2D eigenvalue weighted by Crippen LogP contribution is 2.34. The topological polar surface area (TPSA) is 107 Å². The molecule has 0 aliphatic rings. The third kappa shape index (κ3) is 2.97. The Labute approximate surface area is 115 Å². The van der Waals surface area contributed by atoms with Gasteiger partial charge in [0.05, 0.1) is 4.92 Å². The molecule has 2 aromatic rings. The maximum Gasteiger partial charge on any atom is 0.320 e. The van der Waals surface area contributed by atoms with E-state index >= 15 is 0 Å². The van der Waals surface area contributed by atoms with E-state index in [9.17, 15) is 18.9 Å². The van der Waals surface area contributed by atoms with Crippen LogP contribution in [0.4, 0.5) is 20.4 Å². The van der Waals surface area contributed by atoms with Gasteiger partial charge in [0.2, 0.25) is 5.95 Å². The molecule has 0 spiro atoms. The molecule has 0 atom stereocenters. The van der Waals surface area contributed by atoms with Crippen LogP contribution >= 0.6 is 11.8 Å². The molecular formula is C10H7F2N5O2S. The summed E-state index contributed by atoms with van der Waals surface area (Å²) in [6.45, 7) is 0. The van der Waals surface area contributed by atoms with Gasteiger partial charge in [-0.1, -0.05) is 11.8 Å². The van der Waals surface area contributed by atoms with Crippen LogP contribution in [0.5, 0.6) is 0 Å². The summed E-state index contributed by atoms with van der Waals surface area (Å²) in [6, 6.07) is 2.88. The van der Waals surface area contributed by atoms with Crippen molar-refractivity contribution in [3.8, 4) is 0 Å². The monoisotopic (exact) mass is 299 g/mol. The number of nitrogens with zero attached hydrogens (tertiary/aromatic N) is 3. The zero-order valence-corrected chi connectivity index (χ0v) is 10.5. The zero-order valence-electron chi connectivity index (χ0n) is 9.71. The Kier molecular flexibility index (Phi) is 4.05. The summed E-state index contributed by atoms with van der Waals surface area (Å²) in [5.74, 6) is 3.47. The highest BCUT2D eigenvalue weighted by atomic mass is 32.2. The molecule has 0 aliphatic heterocycles. The summed E-state index contributed by atoms with van der Waals surface area (Å²) in [7, 11) is 0. The van der Waals surface area contributed by atoms with E-state index in [0.717, 1.165) is 18.3 Å². The fourth-order valence-corrected chi connectivity index (χ4v) is 2.16. The van der Waals surface area contributed by atoms with Crippen molar-refractivity contribution in [3.63, 3.8) is 0 Å². The molecule has 1 aromatic heterocycles. The zero-order chi connectivity index (χ0) is 14.7. The highest BCUT2D eigenvalue weighted by Gasteiger charge is 2.19. The Balaban J connectivity index is 2.43. The largest absolute Gasteiger partial charge is 0.320 e. The van der Waals surface area contributed by atoms with Gasteiger partial charge in [-0.15, -0.1) is 0 Å². The molecule has 104 valence electrons. The highest BCUT2D eigenvalue weighted by molar-refractivity contribution is 7.99. The van der Waals surface area contributed by atoms with Crippen molar-refractivity contribution in [2.45, 2.75) is 9.92 Å². The summed E-state index contributed by atoms with van der Waals surface area (Å²) >= 11 is 0.677. The predicted octanol–water partition coefficient (Wildman–Crippen LogP) is 2.10. The first kappa shape index (κ1) is 14.1. The van der Waals surface area contributed by atoms with Crippen LogP contribution in [0.15, 0.2) is 34.3 Å². The third-order valence-electron chi connectivity index (χ3n) is 2.16. The number of anilines is 1. The number of benzene rings is 1. The van der Waals surface area contributed by atoms with Crippen molar-refractivity contribution < 1.29 is 13.7 Å². The van der Waals surface area contributed by atoms with Gasteiger partial charge in [-0.3, -0.25) is 15.5 Å². The van der Waals surface area contributed by atoms with Crippen LogP contribution in [0.25, 0.3) is 0 Å². The average Bonchev–Trinajstić information content (AvgIpc) is 2.41. The molecule has 0 saturated heterocycles. The third-order valence-corrected chi connectivity index (χ3v) is 3.21. The number of hydrazine groups is 1. The van der Waals surface area contributed by atoms with Gasteiger partial charge in [0, 0.05) is 11.0 Å². The van der Waals surface area contributed by atoms with Crippen LogP contribution in [0, 0.1) is 21.7 Å². The van der Waals surface area contributed by atoms with Gasteiger partial charge in [0.15, 0.2) is 5.03 Å². The number of nitrogens with two attached hydrogens (primary N) is 1. The first-order valence-corrected chi connectivity index (χ1v) is 5.94. The van der Waals surface area contributed by atoms with E-state index in [-0.39, 0.29) is 15.9 Å². The second kappa shape index (κ2) is 5.75. The van der Waals surface area contributed by atoms with Crippen molar-refractivity contribution in [2.75, 3.05) is 5.43 Å². The number of hydrogen-bond donors (Lipinski definition) is 2. The molecule has 7 nitrogen and oxygen atoms in total. The molecule has 0 unspecified atom stereocenters. The van der Waals surface area contributed by atoms with Gasteiger partial charge >= 0.3 is 5.69 Å². The Hall–Kier alpha value is -2.33. The molecule has 1 aromatic carbocycles. The minimum atomic E-state index is -0.842. The van der Waals surface area contributed by atoms with E-state index in [1.165, 1.54) is 0 Å². The van der Waals surface area contributed by atoms with Crippen LogP contribution in [0.2, 0.25) is 0 Å². The first-order valence-electron chi connectivity index (χ1n) is 5.12. The van der Waals surface area contributed by atoms with Gasteiger partial charge in [0.25, 0.3) is 0 Å². The Morgan fingerprint density at radius 2 is 2.15 bits per heavy atom. The quantitative estimate of drug-likeness (QED) is 0.385. The molecular weight excluding hydrogens is 292 g/mol. The van der Waals surface area contributed by atoms with Crippen molar-refractivity contribution in [1.82, 2.24) is 9.97 Å². The molecule has 10 heteroatoms. The normalized spacial score (nSPS) is 10.3. The number of nitrogen functional groups attached to an aromatic ring is 1. The molecule has 0 fully saturated rings. The fraction of sp³-hybridized carbons (Fsp3) is 0. The first-order chi connectivity index (χ1) is 9.51. The summed E-state index contributed by atoms with van der Waals surface area (Å²) in [4.78, 5) is 17.5. The number of aromatic nitrogens is 2. The van der Waals surface area contributed by atoms with Gasteiger partial charge in [-0.05, 0) is 12.1 Å². The lowest BCUT2D eigenvalue weighted by Gasteiger charge is -2.05.